The number of aromatic hydroxyl groups is 1. The molecule has 158 valence electrons. The van der Waals surface area contributed by atoms with Crippen LogP contribution in [0, 0.1) is 0 Å². The highest BCUT2D eigenvalue weighted by Gasteiger charge is 2.42. The van der Waals surface area contributed by atoms with E-state index in [1.165, 1.54) is 10.8 Å². The first kappa shape index (κ1) is 19.6. The number of nitrogens with zero attached hydrogens (tertiary/aromatic N) is 2. The Hall–Kier alpha value is -3.02. The molecule has 0 saturated heterocycles. The topological polar surface area (TPSA) is 45.1 Å². The zero-order valence-electron chi connectivity index (χ0n) is 16.9. The monoisotopic (exact) mass is 504 g/mol. The van der Waals surface area contributed by atoms with Crippen molar-refractivity contribution in [3.05, 3.63) is 105 Å². The fourth-order valence-electron chi connectivity index (χ4n) is 4.53. The number of ether oxygens (including phenoxy) is 1. The predicted molar refractivity (Wildman–Crippen MR) is 130 cm³/mol. The van der Waals surface area contributed by atoms with Crippen LogP contribution in [0.15, 0.2) is 88.4 Å². The van der Waals surface area contributed by atoms with Crippen molar-refractivity contribution >= 4 is 44.0 Å². The van der Waals surface area contributed by atoms with Crippen LogP contribution >= 0.6 is 27.5 Å². The SMILES string of the molecule is Oc1ccc(Cl)cc1[C@@H]1Oc2ccc(Br)cc2[C@@H]2CC(c3ccc4ccccc4c3)=NN21. The lowest BCUT2D eigenvalue weighted by Crippen LogP contribution is -2.33. The van der Waals surface area contributed by atoms with Crippen molar-refractivity contribution in [1.29, 1.82) is 0 Å². The number of halogens is 2. The highest BCUT2D eigenvalue weighted by Crippen LogP contribution is 2.49. The molecule has 0 aliphatic carbocycles. The van der Waals surface area contributed by atoms with Gasteiger partial charge in [-0.05, 0) is 58.8 Å². The molecule has 0 bridgehead atoms. The Kier molecular flexibility index (Phi) is 4.63. The zero-order chi connectivity index (χ0) is 21.8. The second kappa shape index (κ2) is 7.54. The predicted octanol–water partition coefficient (Wildman–Crippen LogP) is 7.20. The Labute approximate surface area is 198 Å². The summed E-state index contributed by atoms with van der Waals surface area (Å²) in [5.41, 5.74) is 3.74. The van der Waals surface area contributed by atoms with E-state index in [0.29, 0.717) is 10.6 Å². The van der Waals surface area contributed by atoms with E-state index in [1.54, 1.807) is 18.2 Å². The molecule has 32 heavy (non-hydrogen) atoms. The van der Waals surface area contributed by atoms with Gasteiger partial charge in [0.15, 0.2) is 0 Å². The number of hydrogen-bond acceptors (Lipinski definition) is 4. The van der Waals surface area contributed by atoms with Crippen molar-refractivity contribution in [3.63, 3.8) is 0 Å². The van der Waals surface area contributed by atoms with Gasteiger partial charge in [-0.15, -0.1) is 0 Å². The van der Waals surface area contributed by atoms with E-state index in [4.69, 9.17) is 21.4 Å². The smallest absolute Gasteiger partial charge is 0.217 e. The number of hydrogen-bond donors (Lipinski definition) is 1. The number of hydrazone groups is 1. The van der Waals surface area contributed by atoms with Crippen LogP contribution < -0.4 is 4.74 Å². The average Bonchev–Trinajstić information content (AvgIpc) is 3.26. The van der Waals surface area contributed by atoms with Crippen LogP contribution in [-0.4, -0.2) is 15.8 Å². The van der Waals surface area contributed by atoms with E-state index in [9.17, 15) is 5.11 Å². The maximum Gasteiger partial charge on any atom is 0.217 e. The van der Waals surface area contributed by atoms with E-state index < -0.39 is 6.23 Å². The zero-order valence-corrected chi connectivity index (χ0v) is 19.2. The average molecular weight is 506 g/mol. The molecule has 6 heteroatoms. The summed E-state index contributed by atoms with van der Waals surface area (Å²) in [7, 11) is 0. The maximum absolute atomic E-state index is 10.6. The van der Waals surface area contributed by atoms with Gasteiger partial charge in [0.2, 0.25) is 6.23 Å². The quantitative estimate of drug-likeness (QED) is 0.313. The summed E-state index contributed by atoms with van der Waals surface area (Å²) in [6.07, 6.45) is 0.161. The standard InChI is InChI=1S/C26H18BrClN2O2/c27-18-7-10-25-20(12-18)23-14-22(17-6-5-15-3-1-2-4-16(15)11-17)29-30(23)26(32-25)21-13-19(28)8-9-24(21)31/h1-13,23,26,31H,14H2/t23-,26-/m0/s1. The van der Waals surface area contributed by atoms with Crippen LogP contribution in [0.5, 0.6) is 11.5 Å². The summed E-state index contributed by atoms with van der Waals surface area (Å²) in [6, 6.07) is 25.7. The molecule has 2 atom stereocenters. The minimum atomic E-state index is -0.578. The molecule has 2 aliphatic heterocycles. The third-order valence-electron chi connectivity index (χ3n) is 6.09. The number of rotatable bonds is 2. The highest BCUT2D eigenvalue weighted by molar-refractivity contribution is 9.10. The van der Waals surface area contributed by atoms with Gasteiger partial charge < -0.3 is 9.84 Å². The van der Waals surface area contributed by atoms with Crippen molar-refractivity contribution < 1.29 is 9.84 Å². The molecule has 0 aromatic heterocycles. The fourth-order valence-corrected chi connectivity index (χ4v) is 5.09. The van der Waals surface area contributed by atoms with Crippen LogP contribution in [0.4, 0.5) is 0 Å². The van der Waals surface area contributed by atoms with E-state index in [0.717, 1.165) is 33.5 Å². The molecule has 6 rings (SSSR count). The van der Waals surface area contributed by atoms with Gasteiger partial charge in [0.25, 0.3) is 0 Å². The number of phenols is 1. The second-order valence-electron chi connectivity index (χ2n) is 8.06. The van der Waals surface area contributed by atoms with Gasteiger partial charge in [0.05, 0.1) is 17.3 Å². The largest absolute Gasteiger partial charge is 0.507 e. The van der Waals surface area contributed by atoms with Crippen molar-refractivity contribution in [1.82, 2.24) is 5.01 Å². The Morgan fingerprint density at radius 2 is 1.78 bits per heavy atom. The lowest BCUT2D eigenvalue weighted by atomic mass is 9.95. The Morgan fingerprint density at radius 3 is 2.66 bits per heavy atom. The van der Waals surface area contributed by atoms with Crippen LogP contribution in [-0.2, 0) is 0 Å². The first-order chi connectivity index (χ1) is 15.6. The molecule has 0 fully saturated rings. The maximum atomic E-state index is 10.6. The van der Waals surface area contributed by atoms with Crippen molar-refractivity contribution in [2.24, 2.45) is 5.10 Å². The molecule has 2 aliphatic rings. The Balaban J connectivity index is 1.48. The lowest BCUT2D eigenvalue weighted by Gasteiger charge is -2.38. The molecular weight excluding hydrogens is 488 g/mol. The van der Waals surface area contributed by atoms with Crippen LogP contribution in [0.1, 0.15) is 35.4 Å². The molecule has 1 N–H and O–H groups in total. The molecule has 4 aromatic rings. The Bertz CT molecular complexity index is 1400. The van der Waals surface area contributed by atoms with Crippen molar-refractivity contribution in [3.8, 4) is 11.5 Å². The van der Waals surface area contributed by atoms with Gasteiger partial charge in [-0.3, -0.25) is 0 Å². The normalized spacial score (nSPS) is 19.3. The fraction of sp³-hybridized carbons (Fsp3) is 0.115. The number of benzene rings is 4. The van der Waals surface area contributed by atoms with Gasteiger partial charge in [-0.2, -0.15) is 5.10 Å². The Morgan fingerprint density at radius 1 is 0.938 bits per heavy atom. The number of fused-ring (bicyclic) bond motifs is 4. The van der Waals surface area contributed by atoms with E-state index in [2.05, 4.69) is 52.3 Å². The van der Waals surface area contributed by atoms with Gasteiger partial charge in [0, 0.05) is 21.5 Å². The summed E-state index contributed by atoms with van der Waals surface area (Å²) in [6.45, 7) is 0. The summed E-state index contributed by atoms with van der Waals surface area (Å²) < 4.78 is 7.35. The van der Waals surface area contributed by atoms with Crippen LogP contribution in [0.25, 0.3) is 10.8 Å². The molecule has 0 radical (unpaired) electrons. The summed E-state index contributed by atoms with van der Waals surface area (Å²) >= 11 is 9.84. The summed E-state index contributed by atoms with van der Waals surface area (Å²) in [5.74, 6) is 0.918. The minimum Gasteiger partial charge on any atom is -0.507 e. The molecule has 4 nitrogen and oxygen atoms in total. The molecular formula is C26H18BrClN2O2. The van der Waals surface area contributed by atoms with E-state index >= 15 is 0 Å². The molecule has 4 aromatic carbocycles. The molecule has 0 saturated carbocycles. The summed E-state index contributed by atoms with van der Waals surface area (Å²) in [4.78, 5) is 0. The lowest BCUT2D eigenvalue weighted by molar-refractivity contribution is -0.0203. The summed E-state index contributed by atoms with van der Waals surface area (Å²) in [5, 5.41) is 20.4. The molecule has 0 unspecified atom stereocenters. The van der Waals surface area contributed by atoms with Gasteiger partial charge >= 0.3 is 0 Å². The minimum absolute atomic E-state index is 0.0129. The van der Waals surface area contributed by atoms with Gasteiger partial charge in [-0.25, -0.2) is 5.01 Å². The first-order valence-electron chi connectivity index (χ1n) is 10.4. The highest BCUT2D eigenvalue weighted by atomic mass is 79.9. The van der Waals surface area contributed by atoms with Crippen molar-refractivity contribution in [2.75, 3.05) is 0 Å². The van der Waals surface area contributed by atoms with Crippen molar-refractivity contribution in [2.45, 2.75) is 18.7 Å². The molecule has 0 spiro atoms. The van der Waals surface area contributed by atoms with Gasteiger partial charge in [0.1, 0.15) is 11.5 Å². The third-order valence-corrected chi connectivity index (χ3v) is 6.82. The van der Waals surface area contributed by atoms with Gasteiger partial charge in [-0.1, -0.05) is 63.9 Å². The second-order valence-corrected chi connectivity index (χ2v) is 9.42. The number of phenolic OH excluding ortho intramolecular Hbond substituents is 1. The van der Waals surface area contributed by atoms with E-state index in [1.807, 2.05) is 29.3 Å². The van der Waals surface area contributed by atoms with Crippen LogP contribution in [0.2, 0.25) is 5.02 Å². The first-order valence-corrected chi connectivity index (χ1v) is 11.5. The van der Waals surface area contributed by atoms with E-state index in [-0.39, 0.29) is 11.8 Å². The third kappa shape index (κ3) is 3.24. The molecule has 2 heterocycles. The molecule has 0 amide bonds. The van der Waals surface area contributed by atoms with Crippen LogP contribution in [0.3, 0.4) is 0 Å².